The Bertz CT molecular complexity index is 380. The maximum Gasteiger partial charge on any atom is 0.0683 e. The minimum absolute atomic E-state index is 0.0164. The zero-order valence-corrected chi connectivity index (χ0v) is 10.8. The number of β-amino-alcohol motifs (C(OH)–C–C–N with tert-alkyl or cyclic N) is 1. The van der Waals surface area contributed by atoms with Gasteiger partial charge in [0, 0.05) is 34.7 Å². The van der Waals surface area contributed by atoms with Gasteiger partial charge in [0.1, 0.15) is 0 Å². The van der Waals surface area contributed by atoms with Gasteiger partial charge in [-0.15, -0.1) is 0 Å². The molecule has 17 heavy (non-hydrogen) atoms. The van der Waals surface area contributed by atoms with Crippen molar-refractivity contribution < 1.29 is 10.2 Å². The summed E-state index contributed by atoms with van der Waals surface area (Å²) in [5.74, 6) is 0. The molecule has 0 bridgehead atoms. The summed E-state index contributed by atoms with van der Waals surface area (Å²) in [5.41, 5.74) is 0.850. The third kappa shape index (κ3) is 2.92. The van der Waals surface area contributed by atoms with Crippen LogP contribution in [0.15, 0.2) is 18.2 Å². The molecule has 1 aliphatic rings. The third-order valence-electron chi connectivity index (χ3n) is 3.14. The third-order valence-corrected chi connectivity index (χ3v) is 3.85. The number of aliphatic hydroxyl groups is 2. The highest BCUT2D eigenvalue weighted by atomic mass is 35.5. The van der Waals surface area contributed by atoms with E-state index in [0.717, 1.165) is 5.56 Å². The second-order valence-electron chi connectivity index (χ2n) is 4.36. The average molecular weight is 276 g/mol. The number of nitrogens with zero attached hydrogens (tertiary/aromatic N) is 1. The van der Waals surface area contributed by atoms with Crippen molar-refractivity contribution in [3.05, 3.63) is 33.8 Å². The molecule has 2 rings (SSSR count). The van der Waals surface area contributed by atoms with E-state index < -0.39 is 0 Å². The van der Waals surface area contributed by atoms with E-state index in [9.17, 15) is 10.2 Å². The van der Waals surface area contributed by atoms with Crippen LogP contribution in [-0.4, -0.2) is 40.4 Å². The Balaban J connectivity index is 2.15. The zero-order chi connectivity index (χ0) is 12.4. The van der Waals surface area contributed by atoms with Crippen molar-refractivity contribution in [2.24, 2.45) is 0 Å². The minimum Gasteiger partial charge on any atom is -0.395 e. The summed E-state index contributed by atoms with van der Waals surface area (Å²) in [7, 11) is 0. The predicted octanol–water partition coefficient (Wildman–Crippen LogP) is 1.92. The highest BCUT2D eigenvalue weighted by Gasteiger charge is 2.30. The number of hydrogen-bond acceptors (Lipinski definition) is 3. The van der Waals surface area contributed by atoms with Crippen LogP contribution in [0, 0.1) is 0 Å². The number of benzene rings is 1. The van der Waals surface area contributed by atoms with E-state index in [1.807, 2.05) is 4.90 Å². The highest BCUT2D eigenvalue weighted by Crippen LogP contribution is 2.28. The molecule has 2 atom stereocenters. The molecule has 94 valence electrons. The Hall–Kier alpha value is -0.320. The first-order valence-corrected chi connectivity index (χ1v) is 6.33. The molecule has 1 saturated heterocycles. The maximum absolute atomic E-state index is 9.60. The van der Waals surface area contributed by atoms with Gasteiger partial charge in [0.25, 0.3) is 0 Å². The van der Waals surface area contributed by atoms with Gasteiger partial charge in [0.05, 0.1) is 12.7 Å². The molecular formula is C12H15Cl2NO2. The maximum atomic E-state index is 9.60. The zero-order valence-electron chi connectivity index (χ0n) is 9.31. The number of rotatable bonds is 3. The largest absolute Gasteiger partial charge is 0.395 e. The fraction of sp³-hybridized carbons (Fsp3) is 0.500. The molecule has 0 amide bonds. The van der Waals surface area contributed by atoms with Gasteiger partial charge in [-0.05, 0) is 18.6 Å². The molecule has 5 heteroatoms. The fourth-order valence-corrected chi connectivity index (χ4v) is 2.74. The molecule has 0 aromatic heterocycles. The van der Waals surface area contributed by atoms with E-state index in [1.54, 1.807) is 18.2 Å². The summed E-state index contributed by atoms with van der Waals surface area (Å²) < 4.78 is 0. The molecule has 0 aliphatic carbocycles. The molecule has 1 aromatic carbocycles. The van der Waals surface area contributed by atoms with Crippen molar-refractivity contribution in [2.75, 3.05) is 13.2 Å². The van der Waals surface area contributed by atoms with Crippen LogP contribution >= 0.6 is 23.2 Å². The van der Waals surface area contributed by atoms with Crippen LogP contribution in [0.25, 0.3) is 0 Å². The van der Waals surface area contributed by atoms with Crippen molar-refractivity contribution in [2.45, 2.75) is 25.1 Å². The molecule has 1 fully saturated rings. The molecule has 0 radical (unpaired) electrons. The lowest BCUT2D eigenvalue weighted by atomic mass is 10.2. The number of aliphatic hydroxyl groups excluding tert-OH is 2. The Morgan fingerprint density at radius 3 is 2.53 bits per heavy atom. The van der Waals surface area contributed by atoms with E-state index in [4.69, 9.17) is 23.2 Å². The van der Waals surface area contributed by atoms with E-state index in [0.29, 0.717) is 29.6 Å². The summed E-state index contributed by atoms with van der Waals surface area (Å²) >= 11 is 12.2. The van der Waals surface area contributed by atoms with E-state index in [2.05, 4.69) is 0 Å². The minimum atomic E-state index is -0.381. The average Bonchev–Trinajstić information content (AvgIpc) is 2.64. The number of likely N-dealkylation sites (tertiary alicyclic amines) is 1. The first-order chi connectivity index (χ1) is 8.11. The van der Waals surface area contributed by atoms with Crippen LogP contribution in [-0.2, 0) is 6.54 Å². The molecular weight excluding hydrogens is 261 g/mol. The van der Waals surface area contributed by atoms with Gasteiger partial charge in [-0.1, -0.05) is 29.3 Å². The van der Waals surface area contributed by atoms with Crippen molar-refractivity contribution in [3.63, 3.8) is 0 Å². The molecule has 1 aromatic rings. The standard InChI is InChI=1S/C12H15Cl2NO2/c13-11-2-1-3-12(14)10(11)6-15-5-9(17)4-8(15)7-16/h1-3,8-9,16-17H,4-7H2/t8-,9+/m1/s1. The SMILES string of the molecule is OC[C@H]1C[C@H](O)CN1Cc1c(Cl)cccc1Cl. The Morgan fingerprint density at radius 2 is 1.94 bits per heavy atom. The smallest absolute Gasteiger partial charge is 0.0683 e. The van der Waals surface area contributed by atoms with Crippen molar-refractivity contribution in [3.8, 4) is 0 Å². The highest BCUT2D eigenvalue weighted by molar-refractivity contribution is 6.35. The molecule has 0 unspecified atom stereocenters. The summed E-state index contributed by atoms with van der Waals surface area (Å²) in [4.78, 5) is 2.01. The monoisotopic (exact) mass is 275 g/mol. The summed E-state index contributed by atoms with van der Waals surface area (Å²) in [6, 6.07) is 5.38. The van der Waals surface area contributed by atoms with Crippen molar-refractivity contribution >= 4 is 23.2 Å². The molecule has 1 heterocycles. The van der Waals surface area contributed by atoms with Gasteiger partial charge in [0.2, 0.25) is 0 Å². The predicted molar refractivity (Wildman–Crippen MR) is 68.4 cm³/mol. The normalized spacial score (nSPS) is 25.4. The molecule has 0 saturated carbocycles. The summed E-state index contributed by atoms with van der Waals surface area (Å²) in [6.45, 7) is 1.15. The fourth-order valence-electron chi connectivity index (χ4n) is 2.23. The summed E-state index contributed by atoms with van der Waals surface area (Å²) in [6.07, 6.45) is 0.215. The van der Waals surface area contributed by atoms with Crippen LogP contribution in [0.1, 0.15) is 12.0 Å². The van der Waals surface area contributed by atoms with E-state index in [1.165, 1.54) is 0 Å². The van der Waals surface area contributed by atoms with Gasteiger partial charge in [-0.25, -0.2) is 0 Å². The van der Waals surface area contributed by atoms with Gasteiger partial charge < -0.3 is 10.2 Å². The first-order valence-electron chi connectivity index (χ1n) is 5.57. The second-order valence-corrected chi connectivity index (χ2v) is 5.17. The second kappa shape index (κ2) is 5.55. The molecule has 0 spiro atoms. The van der Waals surface area contributed by atoms with Crippen molar-refractivity contribution in [1.29, 1.82) is 0 Å². The van der Waals surface area contributed by atoms with Crippen LogP contribution in [0.5, 0.6) is 0 Å². The summed E-state index contributed by atoms with van der Waals surface area (Å²) in [5, 5.41) is 20.1. The Labute approximate surface area is 111 Å². The lowest BCUT2D eigenvalue weighted by molar-refractivity contribution is 0.150. The topological polar surface area (TPSA) is 43.7 Å². The number of hydrogen-bond donors (Lipinski definition) is 2. The van der Waals surface area contributed by atoms with Crippen LogP contribution in [0.3, 0.4) is 0 Å². The first kappa shape index (κ1) is 13.1. The van der Waals surface area contributed by atoms with Gasteiger partial charge in [0.15, 0.2) is 0 Å². The van der Waals surface area contributed by atoms with Gasteiger partial charge in [-0.3, -0.25) is 4.90 Å². The van der Waals surface area contributed by atoms with E-state index >= 15 is 0 Å². The quantitative estimate of drug-likeness (QED) is 0.886. The Morgan fingerprint density at radius 1 is 1.29 bits per heavy atom. The van der Waals surface area contributed by atoms with Gasteiger partial charge in [-0.2, -0.15) is 0 Å². The van der Waals surface area contributed by atoms with E-state index in [-0.39, 0.29) is 18.8 Å². The lowest BCUT2D eigenvalue weighted by Gasteiger charge is -2.23. The Kier molecular flexibility index (Phi) is 4.28. The molecule has 3 nitrogen and oxygen atoms in total. The number of halogens is 2. The van der Waals surface area contributed by atoms with Crippen LogP contribution in [0.2, 0.25) is 10.0 Å². The molecule has 1 aliphatic heterocycles. The van der Waals surface area contributed by atoms with Gasteiger partial charge >= 0.3 is 0 Å². The molecule has 2 N–H and O–H groups in total. The van der Waals surface area contributed by atoms with Crippen LogP contribution in [0.4, 0.5) is 0 Å². The van der Waals surface area contributed by atoms with Crippen LogP contribution < -0.4 is 0 Å². The van der Waals surface area contributed by atoms with Crippen molar-refractivity contribution in [1.82, 2.24) is 4.90 Å². The lowest BCUT2D eigenvalue weighted by Crippen LogP contribution is -2.32.